The predicted octanol–water partition coefficient (Wildman–Crippen LogP) is 8.11. The van der Waals surface area contributed by atoms with Gasteiger partial charge in [0.25, 0.3) is 0 Å². The standard InChI is InChI=1S/C30H29F5N2O/c1-2-3-4-5-22-18-36-28(37-19-22)15-9-20-7-13-25-24(16-20)12-11-23(29(25)32)10-6-21-8-14-27(26(31)17-21)38-30(33,34)35/h7-8,11-14,16-19H,2-6,9-10,15H2,1H3. The van der Waals surface area contributed by atoms with Gasteiger partial charge < -0.3 is 4.74 Å². The summed E-state index contributed by atoms with van der Waals surface area (Å²) in [5.74, 6) is -1.58. The Morgan fingerprint density at radius 1 is 0.737 bits per heavy atom. The molecule has 0 aliphatic heterocycles. The Balaban J connectivity index is 1.37. The number of hydrogen-bond donors (Lipinski definition) is 0. The number of unbranched alkanes of at least 4 members (excludes halogenated alkanes) is 2. The van der Waals surface area contributed by atoms with Crippen molar-refractivity contribution in [1.82, 2.24) is 9.97 Å². The van der Waals surface area contributed by atoms with Crippen LogP contribution in [-0.2, 0) is 32.1 Å². The minimum Gasteiger partial charge on any atom is -0.403 e. The van der Waals surface area contributed by atoms with Crippen LogP contribution in [0.25, 0.3) is 10.8 Å². The summed E-state index contributed by atoms with van der Waals surface area (Å²) >= 11 is 0. The lowest BCUT2D eigenvalue weighted by Gasteiger charge is -2.11. The number of alkyl halides is 3. The number of nitrogens with zero attached hydrogens (tertiary/aromatic N) is 2. The topological polar surface area (TPSA) is 35.0 Å². The molecule has 3 aromatic carbocycles. The third kappa shape index (κ3) is 7.49. The molecule has 0 fully saturated rings. The molecule has 0 spiro atoms. The number of rotatable bonds is 11. The van der Waals surface area contributed by atoms with Crippen molar-refractivity contribution in [2.75, 3.05) is 0 Å². The van der Waals surface area contributed by atoms with E-state index >= 15 is 4.39 Å². The fraction of sp³-hybridized carbons (Fsp3) is 0.333. The summed E-state index contributed by atoms with van der Waals surface area (Å²) in [5, 5.41) is 1.26. The van der Waals surface area contributed by atoms with Gasteiger partial charge in [0.05, 0.1) is 0 Å². The molecular weight excluding hydrogens is 499 g/mol. The van der Waals surface area contributed by atoms with E-state index < -0.39 is 17.9 Å². The molecule has 1 heterocycles. The normalized spacial score (nSPS) is 11.7. The van der Waals surface area contributed by atoms with Gasteiger partial charge >= 0.3 is 6.36 Å². The summed E-state index contributed by atoms with van der Waals surface area (Å²) in [4.78, 5) is 8.96. The second kappa shape index (κ2) is 12.3. The van der Waals surface area contributed by atoms with E-state index in [4.69, 9.17) is 0 Å². The van der Waals surface area contributed by atoms with Gasteiger partial charge in [-0.25, -0.2) is 18.7 Å². The molecule has 0 aliphatic rings. The average Bonchev–Trinajstić information content (AvgIpc) is 2.89. The molecule has 0 aliphatic carbocycles. The fourth-order valence-corrected chi connectivity index (χ4v) is 4.40. The number of benzene rings is 3. The van der Waals surface area contributed by atoms with Crippen LogP contribution in [0.2, 0.25) is 0 Å². The Bertz CT molecular complexity index is 1370. The van der Waals surface area contributed by atoms with E-state index in [0.29, 0.717) is 22.9 Å². The van der Waals surface area contributed by atoms with Crippen molar-refractivity contribution < 1.29 is 26.7 Å². The monoisotopic (exact) mass is 528 g/mol. The van der Waals surface area contributed by atoms with Crippen molar-refractivity contribution >= 4 is 10.8 Å². The van der Waals surface area contributed by atoms with Crippen LogP contribution in [-0.4, -0.2) is 16.3 Å². The Morgan fingerprint density at radius 3 is 2.16 bits per heavy atom. The van der Waals surface area contributed by atoms with Gasteiger partial charge in [-0.1, -0.05) is 56.2 Å². The number of fused-ring (bicyclic) bond motifs is 1. The van der Waals surface area contributed by atoms with Crippen molar-refractivity contribution in [3.8, 4) is 5.75 Å². The van der Waals surface area contributed by atoms with Gasteiger partial charge in [0, 0.05) is 24.2 Å². The van der Waals surface area contributed by atoms with Gasteiger partial charge in [-0.05, 0) is 71.9 Å². The third-order valence-corrected chi connectivity index (χ3v) is 6.47. The first-order chi connectivity index (χ1) is 18.2. The number of halogens is 5. The molecule has 0 radical (unpaired) electrons. The quantitative estimate of drug-likeness (QED) is 0.146. The number of ether oxygens (including phenoxy) is 1. The number of aryl methyl sites for hydroxylation is 5. The molecule has 8 heteroatoms. The first-order valence-electron chi connectivity index (χ1n) is 12.8. The Kier molecular flexibility index (Phi) is 8.92. The number of hydrogen-bond acceptors (Lipinski definition) is 3. The number of aromatic nitrogens is 2. The van der Waals surface area contributed by atoms with Crippen LogP contribution >= 0.6 is 0 Å². The van der Waals surface area contributed by atoms with Crippen molar-refractivity contribution in [3.05, 3.63) is 101 Å². The zero-order valence-electron chi connectivity index (χ0n) is 21.1. The molecule has 0 atom stereocenters. The molecule has 200 valence electrons. The predicted molar refractivity (Wildman–Crippen MR) is 137 cm³/mol. The van der Waals surface area contributed by atoms with E-state index in [2.05, 4.69) is 21.6 Å². The molecule has 0 bridgehead atoms. The highest BCUT2D eigenvalue weighted by Crippen LogP contribution is 2.28. The highest BCUT2D eigenvalue weighted by molar-refractivity contribution is 5.84. The van der Waals surface area contributed by atoms with Crippen LogP contribution in [0.5, 0.6) is 5.75 Å². The van der Waals surface area contributed by atoms with Crippen LogP contribution < -0.4 is 4.74 Å². The fourth-order valence-electron chi connectivity index (χ4n) is 4.40. The third-order valence-electron chi connectivity index (χ3n) is 6.47. The summed E-state index contributed by atoms with van der Waals surface area (Å²) in [6.45, 7) is 2.18. The van der Waals surface area contributed by atoms with E-state index in [1.807, 2.05) is 30.6 Å². The van der Waals surface area contributed by atoms with Crippen molar-refractivity contribution in [2.24, 2.45) is 0 Å². The van der Waals surface area contributed by atoms with E-state index in [1.165, 1.54) is 18.9 Å². The smallest absolute Gasteiger partial charge is 0.403 e. The van der Waals surface area contributed by atoms with Crippen LogP contribution in [0.3, 0.4) is 0 Å². The second-order valence-electron chi connectivity index (χ2n) is 9.37. The molecule has 0 saturated heterocycles. The molecule has 0 amide bonds. The molecular formula is C30H29F5N2O. The molecule has 4 aromatic rings. The molecule has 0 saturated carbocycles. The largest absolute Gasteiger partial charge is 0.573 e. The van der Waals surface area contributed by atoms with E-state index in [9.17, 15) is 17.6 Å². The molecule has 38 heavy (non-hydrogen) atoms. The molecule has 0 N–H and O–H groups in total. The van der Waals surface area contributed by atoms with Crippen molar-refractivity contribution in [1.29, 1.82) is 0 Å². The Hall–Kier alpha value is -3.55. The Labute approximate surface area is 218 Å². The van der Waals surface area contributed by atoms with Crippen LogP contribution in [0.1, 0.15) is 54.3 Å². The SMILES string of the molecule is CCCCCc1cnc(CCc2ccc3c(F)c(CCc4ccc(OC(F)(F)F)c(F)c4)ccc3c2)nc1. The minimum absolute atomic E-state index is 0.265. The van der Waals surface area contributed by atoms with Gasteiger partial charge in [-0.3, -0.25) is 0 Å². The Morgan fingerprint density at radius 2 is 1.45 bits per heavy atom. The maximum Gasteiger partial charge on any atom is 0.573 e. The van der Waals surface area contributed by atoms with E-state index in [1.54, 1.807) is 12.1 Å². The van der Waals surface area contributed by atoms with Crippen LogP contribution in [0, 0.1) is 11.6 Å². The lowest BCUT2D eigenvalue weighted by molar-refractivity contribution is -0.275. The molecule has 1 aromatic heterocycles. The first kappa shape index (κ1) is 27.5. The highest BCUT2D eigenvalue weighted by atomic mass is 19.4. The van der Waals surface area contributed by atoms with Gasteiger partial charge in [0.15, 0.2) is 11.6 Å². The van der Waals surface area contributed by atoms with Gasteiger partial charge in [-0.2, -0.15) is 0 Å². The van der Waals surface area contributed by atoms with Gasteiger partial charge in [0.2, 0.25) is 0 Å². The van der Waals surface area contributed by atoms with E-state index in [0.717, 1.165) is 53.7 Å². The lowest BCUT2D eigenvalue weighted by Crippen LogP contribution is -2.18. The first-order valence-corrected chi connectivity index (χ1v) is 12.8. The summed E-state index contributed by atoms with van der Waals surface area (Å²) in [6.07, 6.45) is 5.29. The highest BCUT2D eigenvalue weighted by Gasteiger charge is 2.32. The summed E-state index contributed by atoms with van der Waals surface area (Å²) in [6, 6.07) is 12.4. The van der Waals surface area contributed by atoms with Crippen LogP contribution in [0.4, 0.5) is 22.0 Å². The van der Waals surface area contributed by atoms with E-state index in [-0.39, 0.29) is 18.7 Å². The van der Waals surface area contributed by atoms with Crippen molar-refractivity contribution in [2.45, 2.75) is 64.7 Å². The molecule has 0 unspecified atom stereocenters. The van der Waals surface area contributed by atoms with Gasteiger partial charge in [0.1, 0.15) is 11.6 Å². The molecule has 3 nitrogen and oxygen atoms in total. The maximum atomic E-state index is 15.2. The van der Waals surface area contributed by atoms with Crippen molar-refractivity contribution in [3.63, 3.8) is 0 Å². The average molecular weight is 529 g/mol. The van der Waals surface area contributed by atoms with Crippen LogP contribution in [0.15, 0.2) is 60.9 Å². The summed E-state index contributed by atoms with van der Waals surface area (Å²) < 4.78 is 69.8. The van der Waals surface area contributed by atoms with Gasteiger partial charge in [-0.15, -0.1) is 13.2 Å². The maximum absolute atomic E-state index is 15.2. The summed E-state index contributed by atoms with van der Waals surface area (Å²) in [5.41, 5.74) is 3.10. The second-order valence-corrected chi connectivity index (χ2v) is 9.37. The lowest BCUT2D eigenvalue weighted by atomic mass is 9.98. The summed E-state index contributed by atoms with van der Waals surface area (Å²) in [7, 11) is 0. The zero-order chi connectivity index (χ0) is 27.1. The minimum atomic E-state index is -4.97. The molecule has 4 rings (SSSR count). The zero-order valence-corrected chi connectivity index (χ0v) is 21.1.